The van der Waals surface area contributed by atoms with Gasteiger partial charge in [0, 0.05) is 6.42 Å². The third kappa shape index (κ3) is 4.90. The summed E-state index contributed by atoms with van der Waals surface area (Å²) in [6.07, 6.45) is 1.82. The van der Waals surface area contributed by atoms with Crippen molar-refractivity contribution in [1.82, 2.24) is 12.3 Å². The van der Waals surface area contributed by atoms with Crippen LogP contribution in [0.4, 0.5) is 0 Å². The molecule has 3 nitrogen and oxygen atoms in total. The Morgan fingerprint density at radius 1 is 1.23 bits per heavy atom. The number of carbonyl (C=O) groups is 1. The van der Waals surface area contributed by atoms with Gasteiger partial charge in [-0.25, -0.2) is 0 Å². The zero-order valence-corrected chi connectivity index (χ0v) is 7.70. The largest absolute Gasteiger partial charge is 0.344 e. The lowest BCUT2D eigenvalue weighted by atomic mass is 10.1. The maximum atomic E-state index is 10.9. The van der Waals surface area contributed by atoms with E-state index in [1.165, 1.54) is 6.08 Å². The highest BCUT2D eigenvalue weighted by atomic mass is 16.1. The van der Waals surface area contributed by atoms with Crippen LogP contribution in [0.5, 0.6) is 0 Å². The standard InChI is InChI=1S/C10H10O.2H3N/c1-2-10(11)8-9-6-4-3-5-7-9;;/h2-7H,1,8H2;2*1H3. The fourth-order valence-corrected chi connectivity index (χ4v) is 0.869. The van der Waals surface area contributed by atoms with Gasteiger partial charge in [-0.3, -0.25) is 4.79 Å². The first-order valence-corrected chi connectivity index (χ1v) is 3.52. The predicted octanol–water partition coefficient (Wildman–Crippen LogP) is 2.31. The van der Waals surface area contributed by atoms with E-state index < -0.39 is 0 Å². The summed E-state index contributed by atoms with van der Waals surface area (Å²) in [5.41, 5.74) is 1.04. The minimum Gasteiger partial charge on any atom is -0.344 e. The van der Waals surface area contributed by atoms with Crippen LogP contribution < -0.4 is 12.3 Å². The van der Waals surface area contributed by atoms with Crippen LogP contribution in [0, 0.1) is 0 Å². The van der Waals surface area contributed by atoms with Gasteiger partial charge < -0.3 is 12.3 Å². The van der Waals surface area contributed by atoms with E-state index in [1.54, 1.807) is 0 Å². The molecule has 0 aliphatic heterocycles. The number of carbonyl (C=O) groups excluding carboxylic acids is 1. The van der Waals surface area contributed by atoms with Crippen LogP contribution >= 0.6 is 0 Å². The number of allylic oxidation sites excluding steroid dienone is 1. The molecule has 0 radical (unpaired) electrons. The molecule has 0 heterocycles. The molecule has 0 aromatic heterocycles. The monoisotopic (exact) mass is 180 g/mol. The average Bonchev–Trinajstić information content (AvgIpc) is 2.06. The molecule has 3 heteroatoms. The first kappa shape index (κ1) is 14.1. The second kappa shape index (κ2) is 7.21. The van der Waals surface area contributed by atoms with Gasteiger partial charge in [0.15, 0.2) is 5.78 Å². The van der Waals surface area contributed by atoms with Crippen molar-refractivity contribution in [3.05, 3.63) is 48.6 Å². The van der Waals surface area contributed by atoms with Gasteiger partial charge in [0.2, 0.25) is 0 Å². The molecule has 72 valence electrons. The van der Waals surface area contributed by atoms with Crippen LogP contribution in [0.15, 0.2) is 43.0 Å². The zero-order valence-electron chi connectivity index (χ0n) is 7.70. The van der Waals surface area contributed by atoms with Crippen LogP contribution in [0.3, 0.4) is 0 Å². The first-order valence-electron chi connectivity index (χ1n) is 3.52. The van der Waals surface area contributed by atoms with Gasteiger partial charge in [-0.1, -0.05) is 36.9 Å². The summed E-state index contributed by atoms with van der Waals surface area (Å²) in [6, 6.07) is 9.64. The summed E-state index contributed by atoms with van der Waals surface area (Å²) < 4.78 is 0. The van der Waals surface area contributed by atoms with Gasteiger partial charge in [0.1, 0.15) is 0 Å². The maximum Gasteiger partial charge on any atom is 0.159 e. The van der Waals surface area contributed by atoms with E-state index in [1.807, 2.05) is 30.3 Å². The van der Waals surface area contributed by atoms with Gasteiger partial charge >= 0.3 is 0 Å². The van der Waals surface area contributed by atoms with Crippen molar-refractivity contribution in [1.29, 1.82) is 0 Å². The third-order valence-electron chi connectivity index (χ3n) is 1.45. The molecule has 1 rings (SSSR count). The van der Waals surface area contributed by atoms with Crippen LogP contribution in [0.2, 0.25) is 0 Å². The summed E-state index contributed by atoms with van der Waals surface area (Å²) in [5.74, 6) is 0.0659. The highest BCUT2D eigenvalue weighted by Gasteiger charge is 1.95. The molecule has 0 aliphatic rings. The summed E-state index contributed by atoms with van der Waals surface area (Å²) in [6.45, 7) is 3.41. The van der Waals surface area contributed by atoms with E-state index in [9.17, 15) is 4.79 Å². The highest BCUT2D eigenvalue weighted by molar-refractivity contribution is 5.90. The van der Waals surface area contributed by atoms with E-state index in [2.05, 4.69) is 6.58 Å². The molecule has 13 heavy (non-hydrogen) atoms. The van der Waals surface area contributed by atoms with Crippen molar-refractivity contribution >= 4 is 5.78 Å². The molecule has 0 fully saturated rings. The van der Waals surface area contributed by atoms with Gasteiger partial charge in [-0.2, -0.15) is 0 Å². The van der Waals surface area contributed by atoms with E-state index >= 15 is 0 Å². The Morgan fingerprint density at radius 2 is 1.77 bits per heavy atom. The van der Waals surface area contributed by atoms with Crippen LogP contribution in [0.1, 0.15) is 5.56 Å². The van der Waals surface area contributed by atoms with E-state index in [0.717, 1.165) is 5.56 Å². The molecule has 1 aromatic rings. The average molecular weight is 180 g/mol. The Morgan fingerprint density at radius 3 is 2.23 bits per heavy atom. The Hall–Kier alpha value is -1.45. The van der Waals surface area contributed by atoms with Gasteiger partial charge in [0.25, 0.3) is 0 Å². The molecule has 0 atom stereocenters. The smallest absolute Gasteiger partial charge is 0.159 e. The Kier molecular flexibility index (Phi) is 7.82. The van der Waals surface area contributed by atoms with Crippen LogP contribution in [-0.2, 0) is 11.2 Å². The molecular weight excluding hydrogens is 164 g/mol. The molecule has 0 amide bonds. The fourth-order valence-electron chi connectivity index (χ4n) is 0.869. The van der Waals surface area contributed by atoms with E-state index in [-0.39, 0.29) is 18.1 Å². The molecule has 6 N–H and O–H groups in total. The lowest BCUT2D eigenvalue weighted by molar-refractivity contribution is -0.114. The van der Waals surface area contributed by atoms with E-state index in [0.29, 0.717) is 6.42 Å². The molecule has 0 saturated carbocycles. The van der Waals surface area contributed by atoms with Crippen molar-refractivity contribution < 1.29 is 4.79 Å². The minimum atomic E-state index is 0. The summed E-state index contributed by atoms with van der Waals surface area (Å²) in [7, 11) is 0. The Bertz CT molecular complexity index is 257. The molecule has 0 spiro atoms. The van der Waals surface area contributed by atoms with E-state index in [4.69, 9.17) is 0 Å². The highest BCUT2D eigenvalue weighted by Crippen LogP contribution is 1.99. The number of rotatable bonds is 3. The summed E-state index contributed by atoms with van der Waals surface area (Å²) in [5, 5.41) is 0. The Balaban J connectivity index is 0. The third-order valence-corrected chi connectivity index (χ3v) is 1.45. The summed E-state index contributed by atoms with van der Waals surface area (Å²) in [4.78, 5) is 10.9. The number of hydrogen-bond donors (Lipinski definition) is 2. The quantitative estimate of drug-likeness (QED) is 0.699. The fraction of sp³-hybridized carbons (Fsp3) is 0.100. The van der Waals surface area contributed by atoms with Gasteiger partial charge in [-0.05, 0) is 11.6 Å². The van der Waals surface area contributed by atoms with Gasteiger partial charge in [-0.15, -0.1) is 0 Å². The Labute approximate surface area is 78.6 Å². The SMILES string of the molecule is C=CC(=O)Cc1ccccc1.N.N. The van der Waals surface area contributed by atoms with Crippen LogP contribution in [0.25, 0.3) is 0 Å². The van der Waals surface area contributed by atoms with Gasteiger partial charge in [0.05, 0.1) is 0 Å². The second-order valence-electron chi connectivity index (χ2n) is 2.33. The molecule has 0 saturated heterocycles. The number of benzene rings is 1. The summed E-state index contributed by atoms with van der Waals surface area (Å²) >= 11 is 0. The molecular formula is C10H16N2O. The van der Waals surface area contributed by atoms with Crippen molar-refractivity contribution in [3.8, 4) is 0 Å². The lowest BCUT2D eigenvalue weighted by Gasteiger charge is -1.94. The zero-order chi connectivity index (χ0) is 8.10. The number of ketones is 1. The minimum absolute atomic E-state index is 0. The molecule has 0 unspecified atom stereocenters. The second-order valence-corrected chi connectivity index (χ2v) is 2.33. The molecule has 0 bridgehead atoms. The molecule has 1 aromatic carbocycles. The van der Waals surface area contributed by atoms with Crippen molar-refractivity contribution in [2.45, 2.75) is 6.42 Å². The lowest BCUT2D eigenvalue weighted by Crippen LogP contribution is -1.96. The maximum absolute atomic E-state index is 10.9. The predicted molar refractivity (Wildman–Crippen MR) is 55.4 cm³/mol. The van der Waals surface area contributed by atoms with Crippen molar-refractivity contribution in [3.63, 3.8) is 0 Å². The number of hydrogen-bond acceptors (Lipinski definition) is 3. The molecule has 0 aliphatic carbocycles. The van der Waals surface area contributed by atoms with Crippen LogP contribution in [-0.4, -0.2) is 5.78 Å². The first-order chi connectivity index (χ1) is 5.33. The van der Waals surface area contributed by atoms with Crippen molar-refractivity contribution in [2.24, 2.45) is 0 Å². The van der Waals surface area contributed by atoms with Crippen molar-refractivity contribution in [2.75, 3.05) is 0 Å². The normalized spacial score (nSPS) is 7.69. The topological polar surface area (TPSA) is 87.1 Å².